The Morgan fingerprint density at radius 3 is 1.47 bits per heavy atom. The molecule has 2 aliphatic carbocycles. The molecule has 2 saturated carbocycles. The lowest BCUT2D eigenvalue weighted by atomic mass is 9.89. The van der Waals surface area contributed by atoms with Gasteiger partial charge in [0, 0.05) is 65.0 Å². The summed E-state index contributed by atoms with van der Waals surface area (Å²) in [4.78, 5) is 99.8. The predicted octanol–water partition coefficient (Wildman–Crippen LogP) is 9.37. The number of aliphatic hydroxyl groups excluding tert-OH is 1. The fraction of sp³-hybridized carbons (Fsp3) is 0.288. The summed E-state index contributed by atoms with van der Waals surface area (Å²) >= 11 is 0. The van der Waals surface area contributed by atoms with E-state index >= 15 is 0 Å². The van der Waals surface area contributed by atoms with Crippen LogP contribution in [0, 0.1) is 22.7 Å². The normalized spacial score (nSPS) is 12.3. The number of amides is 2. The van der Waals surface area contributed by atoms with Gasteiger partial charge < -0.3 is 45.8 Å². The lowest BCUT2D eigenvalue weighted by Gasteiger charge is -2.17. The number of pyridine rings is 2. The molecular formula is C66H69N7O12. The molecule has 0 bridgehead atoms. The van der Waals surface area contributed by atoms with Crippen molar-refractivity contribution in [3.05, 3.63) is 183 Å². The van der Waals surface area contributed by atoms with Crippen LogP contribution in [0.5, 0.6) is 5.75 Å². The standard InChI is InChI=1S/C35H37N3O7.C31H32N4O5/c1-4-23-16-28(31(40)15-21-9-11-24(12-10-21)29(36)18-32(41)44-5-2)27(17-25(23)20-39)26-13-14-30(34(42)37-19-22-7-8-22)38-33(26)35(43)45-6-3;1-4-20-15-24(26(36)14-18-8-10-21(11-9-18)29(32)33)23(16-27(20)39-3)22-12-13-25(30(37)34-17-19-6-7-19)35-28(22)31(38)40-5-2/h4,9-14,16-17,22,36,39H,1,5-8,15,18-20H2,2-3H3,(H,37,42);4,8-13,15-16,19H,1,5-7,14,17H2,2-3H3,(H3,32,33)(H,34,37). The number of carbonyl (C=O) groups is 7. The average Bonchev–Trinajstić information content (AvgIpc) is 3.61. The summed E-state index contributed by atoms with van der Waals surface area (Å²) in [5.74, 6) is -1.91. The lowest BCUT2D eigenvalue weighted by Crippen LogP contribution is -2.27. The number of rotatable bonds is 27. The zero-order valence-electron chi connectivity index (χ0n) is 48.1. The Morgan fingerprint density at radius 2 is 1.06 bits per heavy atom. The minimum Gasteiger partial charge on any atom is -0.496 e. The van der Waals surface area contributed by atoms with Crippen molar-refractivity contribution in [2.75, 3.05) is 40.0 Å². The van der Waals surface area contributed by atoms with E-state index in [1.54, 1.807) is 112 Å². The van der Waals surface area contributed by atoms with E-state index in [0.717, 1.165) is 31.2 Å². The van der Waals surface area contributed by atoms with Crippen molar-refractivity contribution in [1.82, 2.24) is 20.6 Å². The van der Waals surface area contributed by atoms with Crippen molar-refractivity contribution < 1.29 is 57.6 Å². The van der Waals surface area contributed by atoms with Crippen molar-refractivity contribution in [2.45, 2.75) is 72.3 Å². The van der Waals surface area contributed by atoms with Gasteiger partial charge in [-0.1, -0.05) is 73.8 Å². The minimum atomic E-state index is -0.748. The zero-order chi connectivity index (χ0) is 61.3. The van der Waals surface area contributed by atoms with Crippen LogP contribution in [0.15, 0.2) is 110 Å². The van der Waals surface area contributed by atoms with Crippen molar-refractivity contribution in [2.24, 2.45) is 17.6 Å². The van der Waals surface area contributed by atoms with Gasteiger partial charge in [0.1, 0.15) is 23.0 Å². The third-order valence-electron chi connectivity index (χ3n) is 14.1. The molecule has 0 radical (unpaired) electrons. The second-order valence-corrected chi connectivity index (χ2v) is 20.2. The van der Waals surface area contributed by atoms with Crippen LogP contribution in [-0.2, 0) is 38.5 Å². The summed E-state index contributed by atoms with van der Waals surface area (Å²) < 4.78 is 21.0. The Balaban J connectivity index is 0.000000245. The van der Waals surface area contributed by atoms with E-state index in [1.165, 1.54) is 25.3 Å². The number of nitrogens with zero attached hydrogens (tertiary/aromatic N) is 2. The van der Waals surface area contributed by atoms with Crippen molar-refractivity contribution in [3.63, 3.8) is 0 Å². The first kappa shape index (κ1) is 62.8. The molecule has 0 atom stereocenters. The summed E-state index contributed by atoms with van der Waals surface area (Å²) in [6.45, 7) is 13.9. The fourth-order valence-electron chi connectivity index (χ4n) is 9.09. The molecule has 19 nitrogen and oxygen atoms in total. The predicted molar refractivity (Wildman–Crippen MR) is 322 cm³/mol. The number of ketones is 2. The van der Waals surface area contributed by atoms with Crippen LogP contribution in [0.2, 0.25) is 0 Å². The van der Waals surface area contributed by atoms with Gasteiger partial charge in [-0.25, -0.2) is 19.6 Å². The largest absolute Gasteiger partial charge is 0.496 e. The van der Waals surface area contributed by atoms with Gasteiger partial charge in [-0.3, -0.25) is 29.4 Å². The monoisotopic (exact) mass is 1150 g/mol. The molecule has 6 aromatic rings. The van der Waals surface area contributed by atoms with E-state index in [4.69, 9.17) is 35.5 Å². The first-order chi connectivity index (χ1) is 40.9. The van der Waals surface area contributed by atoms with Crippen LogP contribution < -0.4 is 21.1 Å². The maximum atomic E-state index is 13.8. The topological polar surface area (TPSA) is 300 Å². The van der Waals surface area contributed by atoms with E-state index in [1.807, 2.05) is 0 Å². The van der Waals surface area contributed by atoms with E-state index in [-0.39, 0.29) is 109 Å². The van der Waals surface area contributed by atoms with E-state index in [2.05, 4.69) is 33.8 Å². The molecule has 2 amide bonds. The van der Waals surface area contributed by atoms with Crippen LogP contribution in [0.4, 0.5) is 0 Å². The number of aliphatic hydroxyl groups is 1. The zero-order valence-corrected chi connectivity index (χ0v) is 48.1. The Labute approximate surface area is 493 Å². The average molecular weight is 1150 g/mol. The number of aromatic nitrogens is 2. The number of nitrogens with two attached hydrogens (primary N) is 1. The van der Waals surface area contributed by atoms with Crippen molar-refractivity contribution in [3.8, 4) is 28.0 Å². The smallest absolute Gasteiger partial charge is 0.357 e. The third-order valence-corrected chi connectivity index (χ3v) is 14.1. The van der Waals surface area contributed by atoms with Crippen molar-refractivity contribution >= 4 is 65.0 Å². The molecule has 2 aromatic heterocycles. The van der Waals surface area contributed by atoms with Crippen LogP contribution >= 0.6 is 0 Å². The van der Waals surface area contributed by atoms with Gasteiger partial charge in [0.25, 0.3) is 11.8 Å². The third kappa shape index (κ3) is 16.5. The highest BCUT2D eigenvalue weighted by atomic mass is 16.5. The highest BCUT2D eigenvalue weighted by Gasteiger charge is 2.29. The number of hydrogen-bond donors (Lipinski definition) is 6. The molecule has 440 valence electrons. The molecule has 85 heavy (non-hydrogen) atoms. The maximum Gasteiger partial charge on any atom is 0.357 e. The number of methoxy groups -OCH3 is 1. The molecule has 2 heterocycles. The van der Waals surface area contributed by atoms with E-state index in [0.29, 0.717) is 86.3 Å². The summed E-state index contributed by atoms with van der Waals surface area (Å²) in [5.41, 5.74) is 11.7. The number of carbonyl (C=O) groups excluding carboxylic acids is 7. The number of Topliss-reactive ketones (excluding diaryl/α,β-unsaturated/α-hetero) is 2. The maximum absolute atomic E-state index is 13.8. The van der Waals surface area contributed by atoms with Crippen LogP contribution in [-0.4, -0.2) is 108 Å². The van der Waals surface area contributed by atoms with E-state index < -0.39 is 23.8 Å². The number of nitrogen functional groups attached to an aromatic ring is 1. The molecule has 0 saturated heterocycles. The summed E-state index contributed by atoms with van der Waals surface area (Å²) in [6, 6.07) is 26.4. The number of esters is 3. The Bertz CT molecular complexity index is 3570. The molecular weight excluding hydrogens is 1080 g/mol. The second kappa shape index (κ2) is 29.5. The van der Waals surface area contributed by atoms with Crippen molar-refractivity contribution in [1.29, 1.82) is 10.8 Å². The number of nitrogens with one attached hydrogen (secondary N) is 4. The fourth-order valence-corrected chi connectivity index (χ4v) is 9.09. The quantitative estimate of drug-likeness (QED) is 0.00920. The molecule has 7 N–H and O–H groups in total. The molecule has 19 heteroatoms. The molecule has 0 unspecified atom stereocenters. The summed E-state index contributed by atoms with van der Waals surface area (Å²) in [5, 5.41) is 31.6. The Hall–Kier alpha value is -9.75. The first-order valence-corrected chi connectivity index (χ1v) is 27.9. The number of benzene rings is 4. The van der Waals surface area contributed by atoms with Gasteiger partial charge in [0.2, 0.25) is 0 Å². The number of hydrogen-bond acceptors (Lipinski definition) is 16. The van der Waals surface area contributed by atoms with Gasteiger partial charge >= 0.3 is 17.9 Å². The summed E-state index contributed by atoms with van der Waals surface area (Å²) in [7, 11) is 1.50. The van der Waals surface area contributed by atoms with Gasteiger partial charge in [-0.2, -0.15) is 0 Å². The number of amidine groups is 1. The lowest BCUT2D eigenvalue weighted by molar-refractivity contribution is -0.141. The highest BCUT2D eigenvalue weighted by molar-refractivity contribution is 6.10. The molecule has 4 aromatic carbocycles. The van der Waals surface area contributed by atoms with Gasteiger partial charge in [-0.15, -0.1) is 0 Å². The van der Waals surface area contributed by atoms with Crippen LogP contribution in [0.3, 0.4) is 0 Å². The number of ether oxygens (including phenoxy) is 4. The Kier molecular flexibility index (Phi) is 21.8. The van der Waals surface area contributed by atoms with Crippen LogP contribution in [0.1, 0.15) is 154 Å². The molecule has 2 fully saturated rings. The molecule has 0 aliphatic heterocycles. The van der Waals surface area contributed by atoms with Crippen LogP contribution in [0.25, 0.3) is 34.4 Å². The van der Waals surface area contributed by atoms with Gasteiger partial charge in [0.05, 0.1) is 40.0 Å². The molecule has 2 aliphatic rings. The van der Waals surface area contributed by atoms with Gasteiger partial charge in [-0.05, 0) is 146 Å². The van der Waals surface area contributed by atoms with Gasteiger partial charge in [0.15, 0.2) is 23.0 Å². The summed E-state index contributed by atoms with van der Waals surface area (Å²) in [6.07, 6.45) is 7.29. The molecule has 8 rings (SSSR count). The van der Waals surface area contributed by atoms with E-state index in [9.17, 15) is 38.7 Å². The SMILES string of the molecule is C=Cc1cc(C(=O)Cc2ccc(C(=N)CC(=O)OCC)cc2)c(-c2ccc(C(=O)NCC3CC3)nc2C(=O)OCC)cc1CO.C=Cc1cc(C(=O)Cc2ccc(C(=N)N)cc2)c(-c2ccc(C(=O)NCC3CC3)nc2C(=O)OCC)cc1OC. The Morgan fingerprint density at radius 1 is 0.612 bits per heavy atom. The highest BCUT2D eigenvalue weighted by Crippen LogP contribution is 2.36. The first-order valence-electron chi connectivity index (χ1n) is 27.9. The molecule has 0 spiro atoms. The minimum absolute atomic E-state index is 0.0165. The second-order valence-electron chi connectivity index (χ2n) is 20.2.